The molecular weight excluding hydrogens is 825 g/mol. The lowest BCUT2D eigenvalue weighted by Crippen LogP contribution is -1.98. The number of hydrogen-bond acceptors (Lipinski definition) is 4. The van der Waals surface area contributed by atoms with Gasteiger partial charge in [-0.05, 0) is 172 Å². The fraction of sp³-hybridized carbons (Fsp3) is 0.0938. The Labute approximate surface area is 400 Å². The number of aromatic nitrogens is 3. The van der Waals surface area contributed by atoms with Gasteiger partial charge in [-0.25, -0.2) is 0 Å². The summed E-state index contributed by atoms with van der Waals surface area (Å²) < 4.78 is 0. The summed E-state index contributed by atoms with van der Waals surface area (Å²) in [4.78, 5) is 14.0. The van der Waals surface area contributed by atoms with Crippen LogP contribution in [0.5, 0.6) is 0 Å². The predicted molar refractivity (Wildman–Crippen MR) is 280 cm³/mol. The molecule has 10 aromatic rings. The normalized spacial score (nSPS) is 11.0. The molecule has 3 aromatic heterocycles. The third kappa shape index (κ3) is 9.70. The summed E-state index contributed by atoms with van der Waals surface area (Å²) in [5, 5.41) is 9.74. The topological polar surface area (TPSA) is 62.5 Å². The highest BCUT2D eigenvalue weighted by atomic mass is 14.7. The van der Waals surface area contributed by atoms with Gasteiger partial charge in [-0.1, -0.05) is 146 Å². The number of rotatable bonds is 13. The summed E-state index contributed by atoms with van der Waals surface area (Å²) in [6.45, 7) is 4.34. The molecule has 10 rings (SSSR count). The van der Waals surface area contributed by atoms with E-state index in [-0.39, 0.29) is 0 Å². The Morgan fingerprint density at radius 1 is 0.338 bits per heavy atom. The van der Waals surface area contributed by atoms with Gasteiger partial charge in [-0.3, -0.25) is 15.0 Å². The van der Waals surface area contributed by atoms with Gasteiger partial charge in [0.1, 0.15) is 0 Å². The molecule has 68 heavy (non-hydrogen) atoms. The fourth-order valence-electron chi connectivity index (χ4n) is 9.42. The standard InChI is InChI=1S/C64H50N4/c1-44-10-9-11-45(2)64(44)55-34-37-68-63(42-55)54-32-33-59(60(41-54)51-26-24-48(43-65)25-27-51)58-13-4-3-12-57(58)56-39-49(18-16-46-20-28-52(29-21-46)61-14-5-7-35-66-61)38-50(40-56)19-17-47-22-30-53(31-23-47)62-15-6-8-36-67-62/h3-15,20-42H,16-19H2,1-2H3. The Morgan fingerprint density at radius 3 is 1.43 bits per heavy atom. The molecule has 0 aliphatic rings. The molecule has 3 heterocycles. The summed E-state index contributed by atoms with van der Waals surface area (Å²) in [6.07, 6.45) is 9.26. The van der Waals surface area contributed by atoms with Gasteiger partial charge >= 0.3 is 0 Å². The van der Waals surface area contributed by atoms with Crippen LogP contribution in [0.2, 0.25) is 0 Å². The first kappa shape index (κ1) is 43.4. The van der Waals surface area contributed by atoms with Crippen molar-refractivity contribution in [1.29, 1.82) is 5.26 Å². The molecule has 0 atom stereocenters. The Kier molecular flexibility index (Phi) is 12.7. The highest BCUT2D eigenvalue weighted by Crippen LogP contribution is 2.41. The van der Waals surface area contributed by atoms with E-state index in [2.05, 4.69) is 194 Å². The average molecular weight is 875 g/mol. The molecule has 0 unspecified atom stereocenters. The van der Waals surface area contributed by atoms with Crippen molar-refractivity contribution in [3.63, 3.8) is 0 Å². The fourth-order valence-corrected chi connectivity index (χ4v) is 9.42. The number of pyridine rings is 3. The van der Waals surface area contributed by atoms with E-state index < -0.39 is 0 Å². The second-order valence-electron chi connectivity index (χ2n) is 17.6. The van der Waals surface area contributed by atoms with E-state index in [9.17, 15) is 5.26 Å². The van der Waals surface area contributed by atoms with Gasteiger partial charge < -0.3 is 0 Å². The van der Waals surface area contributed by atoms with E-state index in [1.54, 1.807) is 0 Å². The first-order valence-corrected chi connectivity index (χ1v) is 23.4. The van der Waals surface area contributed by atoms with Crippen molar-refractivity contribution < 1.29 is 0 Å². The number of nitriles is 1. The van der Waals surface area contributed by atoms with Crippen molar-refractivity contribution in [2.24, 2.45) is 0 Å². The van der Waals surface area contributed by atoms with E-state index in [1.807, 2.05) is 55.0 Å². The zero-order chi connectivity index (χ0) is 46.2. The Balaban J connectivity index is 1.02. The maximum atomic E-state index is 9.74. The van der Waals surface area contributed by atoms with Gasteiger partial charge in [0, 0.05) is 35.3 Å². The van der Waals surface area contributed by atoms with Gasteiger partial charge in [0.15, 0.2) is 0 Å². The lowest BCUT2D eigenvalue weighted by atomic mass is 9.86. The largest absolute Gasteiger partial charge is 0.256 e. The van der Waals surface area contributed by atoms with Crippen molar-refractivity contribution in [2.45, 2.75) is 39.5 Å². The van der Waals surface area contributed by atoms with Crippen LogP contribution < -0.4 is 0 Å². The Hall–Kier alpha value is -8.52. The van der Waals surface area contributed by atoms with Gasteiger partial charge in [0.05, 0.1) is 28.7 Å². The number of hydrogen-bond donors (Lipinski definition) is 0. The van der Waals surface area contributed by atoms with Crippen LogP contribution in [0.15, 0.2) is 219 Å². The number of nitrogens with zero attached hydrogens (tertiary/aromatic N) is 4. The SMILES string of the molecule is Cc1cccc(C)c1-c1ccnc(-c2ccc(-c3ccccc3-c3cc(CCc4ccc(-c5ccccn5)cc4)cc(CCc4ccc(-c5ccccn5)cc4)c3)c(-c3ccc(C#N)cc3)c2)c1. The van der Waals surface area contributed by atoms with Crippen LogP contribution in [-0.2, 0) is 25.7 Å². The summed E-state index contributed by atoms with van der Waals surface area (Å²) in [7, 11) is 0. The highest BCUT2D eigenvalue weighted by Gasteiger charge is 2.17. The zero-order valence-electron chi connectivity index (χ0n) is 38.4. The van der Waals surface area contributed by atoms with Crippen LogP contribution in [-0.4, -0.2) is 15.0 Å². The quantitative estimate of drug-likeness (QED) is 0.116. The second kappa shape index (κ2) is 19.9. The van der Waals surface area contributed by atoms with Gasteiger partial charge in [-0.2, -0.15) is 5.26 Å². The van der Waals surface area contributed by atoms with Gasteiger partial charge in [0.25, 0.3) is 0 Å². The predicted octanol–water partition coefficient (Wildman–Crippen LogP) is 15.6. The van der Waals surface area contributed by atoms with Crippen LogP contribution in [0.3, 0.4) is 0 Å². The van der Waals surface area contributed by atoms with E-state index in [0.29, 0.717) is 5.56 Å². The lowest BCUT2D eigenvalue weighted by molar-refractivity contribution is 0.931. The first-order valence-electron chi connectivity index (χ1n) is 23.4. The molecule has 4 heteroatoms. The number of benzene rings is 7. The maximum Gasteiger partial charge on any atom is 0.0991 e. The lowest BCUT2D eigenvalue weighted by Gasteiger charge is -2.18. The molecule has 7 aromatic carbocycles. The van der Waals surface area contributed by atoms with Crippen LogP contribution in [0.25, 0.3) is 78.3 Å². The Bertz CT molecular complexity index is 3260. The van der Waals surface area contributed by atoms with Crippen molar-refractivity contribution in [2.75, 3.05) is 0 Å². The van der Waals surface area contributed by atoms with Crippen molar-refractivity contribution in [1.82, 2.24) is 15.0 Å². The smallest absolute Gasteiger partial charge is 0.0991 e. The summed E-state index contributed by atoms with van der Waals surface area (Å²) in [5.41, 5.74) is 23.6. The molecule has 0 fully saturated rings. The minimum atomic E-state index is 0.632. The van der Waals surface area contributed by atoms with Gasteiger partial charge in [0.2, 0.25) is 0 Å². The van der Waals surface area contributed by atoms with Crippen LogP contribution in [0.1, 0.15) is 38.9 Å². The monoisotopic (exact) mass is 874 g/mol. The molecule has 326 valence electrons. The molecule has 0 N–H and O–H groups in total. The Morgan fingerprint density at radius 2 is 0.853 bits per heavy atom. The van der Waals surface area contributed by atoms with Crippen LogP contribution in [0.4, 0.5) is 0 Å². The molecule has 0 bridgehead atoms. The van der Waals surface area contributed by atoms with E-state index >= 15 is 0 Å². The van der Waals surface area contributed by atoms with E-state index in [0.717, 1.165) is 87.3 Å². The molecule has 0 aliphatic heterocycles. The molecular formula is C64H50N4. The first-order chi connectivity index (χ1) is 33.5. The minimum absolute atomic E-state index is 0.632. The molecule has 0 saturated heterocycles. The molecule has 0 amide bonds. The molecule has 0 aliphatic carbocycles. The van der Waals surface area contributed by atoms with Crippen molar-refractivity contribution in [3.05, 3.63) is 258 Å². The number of aryl methyl sites for hydroxylation is 6. The maximum absolute atomic E-state index is 9.74. The van der Waals surface area contributed by atoms with Crippen molar-refractivity contribution in [3.8, 4) is 84.3 Å². The van der Waals surface area contributed by atoms with Gasteiger partial charge in [-0.15, -0.1) is 0 Å². The highest BCUT2D eigenvalue weighted by molar-refractivity contribution is 5.94. The zero-order valence-corrected chi connectivity index (χ0v) is 38.4. The molecule has 0 spiro atoms. The van der Waals surface area contributed by atoms with Crippen LogP contribution in [0, 0.1) is 25.2 Å². The van der Waals surface area contributed by atoms with Crippen LogP contribution >= 0.6 is 0 Å². The molecule has 4 nitrogen and oxygen atoms in total. The summed E-state index contributed by atoms with van der Waals surface area (Å²) >= 11 is 0. The summed E-state index contributed by atoms with van der Waals surface area (Å²) in [5.74, 6) is 0. The molecule has 0 radical (unpaired) electrons. The second-order valence-corrected chi connectivity index (χ2v) is 17.6. The average Bonchev–Trinajstić information content (AvgIpc) is 3.40. The van der Waals surface area contributed by atoms with Crippen molar-refractivity contribution >= 4 is 0 Å². The van der Waals surface area contributed by atoms with E-state index in [1.165, 1.54) is 50.1 Å². The minimum Gasteiger partial charge on any atom is -0.256 e. The third-order valence-corrected chi connectivity index (χ3v) is 13.0. The molecule has 0 saturated carbocycles. The summed E-state index contributed by atoms with van der Waals surface area (Å²) in [6, 6.07) is 73.5. The third-order valence-electron chi connectivity index (χ3n) is 13.0. The van der Waals surface area contributed by atoms with E-state index in [4.69, 9.17) is 4.98 Å².